The standard InChI is InChI=1S/C24H21N3O3/c1-29-17-9-6-16(7-10-17)20-19-11-8-15-4-2-3-5-18(15)22(19)30-24-21(20)23(25)27(12-13-28)14-26-24/h2-11,14,20,25,28H,12-13H2,1H3/t20-/m0/s1. The van der Waals surface area contributed by atoms with Crippen LogP contribution in [0.4, 0.5) is 0 Å². The normalized spacial score (nSPS) is 14.7. The van der Waals surface area contributed by atoms with Crippen molar-refractivity contribution in [1.82, 2.24) is 9.55 Å². The van der Waals surface area contributed by atoms with Crippen LogP contribution in [0.1, 0.15) is 22.6 Å². The van der Waals surface area contributed by atoms with Gasteiger partial charge in [0, 0.05) is 23.4 Å². The van der Waals surface area contributed by atoms with E-state index < -0.39 is 0 Å². The van der Waals surface area contributed by atoms with Gasteiger partial charge in [-0.2, -0.15) is 0 Å². The van der Waals surface area contributed by atoms with Crippen molar-refractivity contribution in [2.24, 2.45) is 0 Å². The summed E-state index contributed by atoms with van der Waals surface area (Å²) in [5, 5.41) is 20.3. The van der Waals surface area contributed by atoms with Crippen LogP contribution in [0.25, 0.3) is 10.8 Å². The van der Waals surface area contributed by atoms with Gasteiger partial charge in [0.2, 0.25) is 5.88 Å². The summed E-state index contributed by atoms with van der Waals surface area (Å²) in [5.74, 6) is 1.76. The fourth-order valence-corrected chi connectivity index (χ4v) is 4.12. The molecule has 3 aromatic carbocycles. The summed E-state index contributed by atoms with van der Waals surface area (Å²) in [6.45, 7) is 0.241. The van der Waals surface area contributed by atoms with Gasteiger partial charge in [-0.3, -0.25) is 5.41 Å². The molecule has 6 nitrogen and oxygen atoms in total. The number of methoxy groups -OCH3 is 1. The third kappa shape index (κ3) is 2.84. The third-order valence-corrected chi connectivity index (χ3v) is 5.59. The minimum Gasteiger partial charge on any atom is -0.497 e. The average molecular weight is 399 g/mol. The van der Waals surface area contributed by atoms with Gasteiger partial charge in [-0.05, 0) is 23.1 Å². The van der Waals surface area contributed by atoms with Crippen molar-refractivity contribution in [2.75, 3.05) is 13.7 Å². The zero-order chi connectivity index (χ0) is 20.7. The summed E-state index contributed by atoms with van der Waals surface area (Å²) in [4.78, 5) is 4.50. The van der Waals surface area contributed by atoms with Crippen LogP contribution < -0.4 is 15.0 Å². The Morgan fingerprint density at radius 2 is 1.90 bits per heavy atom. The molecule has 2 N–H and O–H groups in total. The van der Waals surface area contributed by atoms with Crippen molar-refractivity contribution in [2.45, 2.75) is 12.5 Å². The Morgan fingerprint density at radius 3 is 2.67 bits per heavy atom. The molecule has 0 bridgehead atoms. The molecule has 1 atom stereocenters. The molecule has 4 aromatic rings. The highest BCUT2D eigenvalue weighted by Gasteiger charge is 2.33. The molecule has 0 saturated heterocycles. The number of ether oxygens (including phenoxy) is 2. The largest absolute Gasteiger partial charge is 0.497 e. The number of aromatic nitrogens is 2. The molecule has 0 amide bonds. The Balaban J connectivity index is 1.79. The van der Waals surface area contributed by atoms with Gasteiger partial charge in [0.05, 0.1) is 19.3 Å². The molecule has 0 aliphatic carbocycles. The number of benzene rings is 3. The van der Waals surface area contributed by atoms with E-state index in [4.69, 9.17) is 14.9 Å². The quantitative estimate of drug-likeness (QED) is 0.482. The second-order valence-electron chi connectivity index (χ2n) is 7.24. The molecular formula is C24H21N3O3. The molecule has 6 heteroatoms. The van der Waals surface area contributed by atoms with Crippen molar-refractivity contribution in [1.29, 1.82) is 5.41 Å². The van der Waals surface area contributed by atoms with Gasteiger partial charge in [-0.15, -0.1) is 0 Å². The van der Waals surface area contributed by atoms with Gasteiger partial charge in [0.1, 0.15) is 23.3 Å². The molecule has 1 aliphatic heterocycles. The van der Waals surface area contributed by atoms with Gasteiger partial charge in [0.25, 0.3) is 0 Å². The summed E-state index contributed by atoms with van der Waals surface area (Å²) in [5.41, 5.74) is 2.99. The Labute approximate surface area is 173 Å². The molecule has 1 aliphatic rings. The van der Waals surface area contributed by atoms with E-state index in [2.05, 4.69) is 23.2 Å². The number of hydrogen-bond acceptors (Lipinski definition) is 5. The van der Waals surface area contributed by atoms with E-state index in [1.54, 1.807) is 18.0 Å². The zero-order valence-electron chi connectivity index (χ0n) is 16.5. The van der Waals surface area contributed by atoms with Crippen LogP contribution in [0.2, 0.25) is 0 Å². The van der Waals surface area contributed by atoms with Crippen LogP contribution in [0.5, 0.6) is 17.4 Å². The number of nitrogens with zero attached hydrogens (tertiary/aromatic N) is 2. The third-order valence-electron chi connectivity index (χ3n) is 5.59. The van der Waals surface area contributed by atoms with Crippen LogP contribution in [0, 0.1) is 5.41 Å². The number of aliphatic hydroxyl groups excluding tert-OH is 1. The van der Waals surface area contributed by atoms with Crippen LogP contribution in [0.3, 0.4) is 0 Å². The highest BCUT2D eigenvalue weighted by molar-refractivity contribution is 5.91. The number of hydrogen-bond donors (Lipinski definition) is 2. The topological polar surface area (TPSA) is 80.4 Å². The Kier molecular flexibility index (Phi) is 4.48. The lowest BCUT2D eigenvalue weighted by molar-refractivity contribution is 0.271. The van der Waals surface area contributed by atoms with E-state index in [-0.39, 0.29) is 18.0 Å². The molecule has 0 radical (unpaired) electrons. The maximum atomic E-state index is 9.39. The lowest BCUT2D eigenvalue weighted by Gasteiger charge is -2.29. The first-order valence-electron chi connectivity index (χ1n) is 9.79. The summed E-state index contributed by atoms with van der Waals surface area (Å²) in [6.07, 6.45) is 1.55. The first-order valence-corrected chi connectivity index (χ1v) is 9.79. The monoisotopic (exact) mass is 399 g/mol. The minimum absolute atomic E-state index is 0.0632. The smallest absolute Gasteiger partial charge is 0.228 e. The van der Waals surface area contributed by atoms with Crippen molar-refractivity contribution >= 4 is 10.8 Å². The van der Waals surface area contributed by atoms with Gasteiger partial charge in [0.15, 0.2) is 0 Å². The zero-order valence-corrected chi connectivity index (χ0v) is 16.5. The SMILES string of the molecule is COc1ccc([C@H]2c3ccc4ccccc4c3Oc3ncn(CCO)c(=N)c32)cc1. The summed E-state index contributed by atoms with van der Waals surface area (Å²) in [6, 6.07) is 20.1. The predicted molar refractivity (Wildman–Crippen MR) is 113 cm³/mol. The highest BCUT2D eigenvalue weighted by Crippen LogP contribution is 2.47. The van der Waals surface area contributed by atoms with Gasteiger partial charge in [-0.25, -0.2) is 4.98 Å². The van der Waals surface area contributed by atoms with E-state index >= 15 is 0 Å². The van der Waals surface area contributed by atoms with Crippen LogP contribution in [0.15, 0.2) is 67.0 Å². The van der Waals surface area contributed by atoms with Crippen molar-refractivity contribution in [3.63, 3.8) is 0 Å². The minimum atomic E-state index is -0.217. The second-order valence-corrected chi connectivity index (χ2v) is 7.24. The Hall–Kier alpha value is -3.64. The fourth-order valence-electron chi connectivity index (χ4n) is 4.12. The van der Waals surface area contributed by atoms with E-state index in [0.29, 0.717) is 18.0 Å². The average Bonchev–Trinajstić information content (AvgIpc) is 2.80. The number of fused-ring (bicyclic) bond motifs is 4. The van der Waals surface area contributed by atoms with Gasteiger partial charge >= 0.3 is 0 Å². The molecule has 0 saturated carbocycles. The summed E-state index contributed by atoms with van der Waals surface area (Å²) < 4.78 is 13.2. The van der Waals surface area contributed by atoms with E-state index in [9.17, 15) is 5.11 Å². The molecule has 0 spiro atoms. The fraction of sp³-hybridized carbons (Fsp3) is 0.167. The summed E-state index contributed by atoms with van der Waals surface area (Å²) in [7, 11) is 1.64. The van der Waals surface area contributed by atoms with E-state index in [0.717, 1.165) is 33.4 Å². The molecule has 5 rings (SSSR count). The van der Waals surface area contributed by atoms with E-state index in [1.807, 2.05) is 42.5 Å². The first kappa shape index (κ1) is 18.4. The van der Waals surface area contributed by atoms with Crippen LogP contribution in [-0.2, 0) is 6.54 Å². The van der Waals surface area contributed by atoms with Gasteiger partial charge < -0.3 is 19.1 Å². The predicted octanol–water partition coefficient (Wildman–Crippen LogP) is 3.80. The van der Waals surface area contributed by atoms with Crippen molar-refractivity contribution in [3.05, 3.63) is 89.2 Å². The molecule has 1 aromatic heterocycles. The van der Waals surface area contributed by atoms with E-state index in [1.165, 1.54) is 0 Å². The molecule has 2 heterocycles. The Bertz CT molecular complexity index is 1300. The number of nitrogens with one attached hydrogen (secondary N) is 1. The number of aliphatic hydroxyl groups is 1. The van der Waals surface area contributed by atoms with Crippen LogP contribution in [-0.4, -0.2) is 28.4 Å². The lowest BCUT2D eigenvalue weighted by Crippen LogP contribution is -2.30. The van der Waals surface area contributed by atoms with Crippen molar-refractivity contribution in [3.8, 4) is 17.4 Å². The highest BCUT2D eigenvalue weighted by atomic mass is 16.5. The van der Waals surface area contributed by atoms with Gasteiger partial charge in [-0.1, -0.05) is 48.5 Å². The maximum absolute atomic E-state index is 9.39. The maximum Gasteiger partial charge on any atom is 0.228 e. The molecule has 30 heavy (non-hydrogen) atoms. The lowest BCUT2D eigenvalue weighted by atomic mass is 9.83. The molecular weight excluding hydrogens is 378 g/mol. The Morgan fingerprint density at radius 1 is 1.10 bits per heavy atom. The second kappa shape index (κ2) is 7.31. The van der Waals surface area contributed by atoms with Crippen molar-refractivity contribution < 1.29 is 14.6 Å². The van der Waals surface area contributed by atoms with Crippen LogP contribution >= 0.6 is 0 Å². The summed E-state index contributed by atoms with van der Waals surface area (Å²) >= 11 is 0. The molecule has 150 valence electrons. The molecule has 0 unspecified atom stereocenters. The number of rotatable bonds is 4. The molecule has 0 fully saturated rings. The first-order chi connectivity index (χ1) is 14.7.